The zero-order chi connectivity index (χ0) is 7.40. The summed E-state index contributed by atoms with van der Waals surface area (Å²) in [6.07, 6.45) is 4.36. The van der Waals surface area contributed by atoms with Crippen LogP contribution < -0.4 is 5.73 Å². The van der Waals surface area contributed by atoms with Crippen molar-refractivity contribution >= 4 is 24.9 Å². The van der Waals surface area contributed by atoms with Crippen LogP contribution in [0.1, 0.15) is 26.2 Å². The minimum absolute atomic E-state index is 0.241. The summed E-state index contributed by atoms with van der Waals surface area (Å²) in [5.74, 6) is 2.11. The van der Waals surface area contributed by atoms with Crippen LogP contribution in [0, 0.1) is 11.8 Å². The van der Waals surface area contributed by atoms with Crippen molar-refractivity contribution < 1.29 is 0 Å². The average molecular weight is 253 g/mol. The van der Waals surface area contributed by atoms with Crippen LogP contribution in [-0.2, 0) is 0 Å². The van der Waals surface area contributed by atoms with E-state index in [1.54, 1.807) is 0 Å². The van der Waals surface area contributed by atoms with Gasteiger partial charge in [0.05, 0.1) is 0 Å². The van der Waals surface area contributed by atoms with Gasteiger partial charge in [0.1, 0.15) is 0 Å². The van der Waals surface area contributed by atoms with E-state index in [0.29, 0.717) is 0 Å². The van der Waals surface area contributed by atoms with Crippen LogP contribution in [0.5, 0.6) is 0 Å². The SMILES string of the molecule is CCC(CI=CN)C1CC1. The molecule has 0 aromatic heterocycles. The fourth-order valence-electron chi connectivity index (χ4n) is 1.30. The first-order chi connectivity index (χ1) is 4.88. The van der Waals surface area contributed by atoms with E-state index >= 15 is 0 Å². The van der Waals surface area contributed by atoms with E-state index in [0.717, 1.165) is 11.8 Å². The monoisotopic (exact) mass is 253 g/mol. The number of halogens is 1. The number of rotatable bonds is 4. The highest BCUT2D eigenvalue weighted by Gasteiger charge is 2.28. The third-order valence-electron chi connectivity index (χ3n) is 2.19. The largest absolute Gasteiger partial charge is 0.304 e. The molecule has 2 N–H and O–H groups in total. The van der Waals surface area contributed by atoms with Crippen molar-refractivity contribution in [3.8, 4) is 0 Å². The van der Waals surface area contributed by atoms with Crippen molar-refractivity contribution in [1.82, 2.24) is 0 Å². The van der Waals surface area contributed by atoms with Crippen LogP contribution >= 0.6 is 20.7 Å². The highest BCUT2D eigenvalue weighted by atomic mass is 127. The second-order valence-corrected chi connectivity index (χ2v) is 5.42. The molecule has 0 aliphatic heterocycles. The fraction of sp³-hybridized carbons (Fsp3) is 0.875. The van der Waals surface area contributed by atoms with Crippen molar-refractivity contribution in [1.29, 1.82) is 0 Å². The van der Waals surface area contributed by atoms with Crippen LogP contribution in [0.2, 0.25) is 0 Å². The summed E-state index contributed by atoms with van der Waals surface area (Å²) in [5, 5.41) is 0. The number of nitrogens with two attached hydrogens (primary N) is 1. The Kier molecular flexibility index (Phi) is 3.84. The maximum atomic E-state index is 5.38. The number of hydrogen-bond donors (Lipinski definition) is 1. The van der Waals surface area contributed by atoms with E-state index < -0.39 is 0 Å². The van der Waals surface area contributed by atoms with Gasteiger partial charge >= 0.3 is 0 Å². The van der Waals surface area contributed by atoms with Gasteiger partial charge in [-0.15, -0.1) is 20.7 Å². The van der Waals surface area contributed by atoms with Crippen LogP contribution in [0.15, 0.2) is 0 Å². The summed E-state index contributed by atoms with van der Waals surface area (Å²) in [7, 11) is 0. The smallest absolute Gasteiger partial charge is 0.00444 e. The fourth-order valence-corrected chi connectivity index (χ4v) is 3.59. The molecule has 0 aromatic carbocycles. The molecular formula is C8H16IN. The molecule has 0 radical (unpaired) electrons. The number of hydrogen-bond acceptors (Lipinski definition) is 1. The summed E-state index contributed by atoms with van der Waals surface area (Å²) in [5.41, 5.74) is 5.38. The Bertz CT molecular complexity index is 118. The molecule has 0 aromatic rings. The van der Waals surface area contributed by atoms with Crippen molar-refractivity contribution in [2.24, 2.45) is 17.6 Å². The molecule has 0 saturated heterocycles. The van der Waals surface area contributed by atoms with Crippen molar-refractivity contribution in [2.45, 2.75) is 26.2 Å². The maximum Gasteiger partial charge on any atom is 0.00444 e. The molecule has 0 amide bonds. The standard InChI is InChI=1S/C8H16IN/c1-2-7(5-9-6-10)8-3-4-8/h6-8H,2-5,10H2,1H3. The van der Waals surface area contributed by atoms with Gasteiger partial charge in [0.2, 0.25) is 0 Å². The normalized spacial score (nSPS) is 22.6. The predicted octanol–water partition coefficient (Wildman–Crippen LogP) is 2.11. The van der Waals surface area contributed by atoms with Crippen molar-refractivity contribution in [2.75, 3.05) is 4.43 Å². The maximum absolute atomic E-state index is 5.38. The van der Waals surface area contributed by atoms with Crippen molar-refractivity contribution in [3.05, 3.63) is 0 Å². The quantitative estimate of drug-likeness (QED) is 0.602. The van der Waals surface area contributed by atoms with E-state index in [2.05, 4.69) is 6.92 Å². The Labute approximate surface area is 73.1 Å². The molecule has 1 nitrogen and oxygen atoms in total. The second-order valence-electron chi connectivity index (χ2n) is 2.94. The predicted molar refractivity (Wildman–Crippen MR) is 55.6 cm³/mol. The lowest BCUT2D eigenvalue weighted by atomic mass is 10.0. The molecule has 60 valence electrons. The zero-order valence-electron chi connectivity index (χ0n) is 6.52. The molecule has 0 spiro atoms. The first kappa shape index (κ1) is 8.65. The molecule has 10 heavy (non-hydrogen) atoms. The van der Waals surface area contributed by atoms with Gasteiger partial charge in [-0.1, -0.05) is 13.3 Å². The third-order valence-corrected chi connectivity index (χ3v) is 4.34. The third kappa shape index (κ3) is 2.66. The molecule has 1 aliphatic rings. The topological polar surface area (TPSA) is 26.0 Å². The molecule has 1 fully saturated rings. The van der Waals surface area contributed by atoms with Crippen LogP contribution in [0.4, 0.5) is 0 Å². The molecule has 1 aliphatic carbocycles. The van der Waals surface area contributed by atoms with Gasteiger partial charge in [0.15, 0.2) is 0 Å². The zero-order valence-corrected chi connectivity index (χ0v) is 8.67. The minimum Gasteiger partial charge on any atom is -0.304 e. The lowest BCUT2D eigenvalue weighted by Gasteiger charge is -2.08. The van der Waals surface area contributed by atoms with E-state index in [-0.39, 0.29) is 20.7 Å². The molecular weight excluding hydrogens is 237 g/mol. The van der Waals surface area contributed by atoms with Gasteiger partial charge in [0.25, 0.3) is 0 Å². The highest BCUT2D eigenvalue weighted by molar-refractivity contribution is 14.2. The lowest BCUT2D eigenvalue weighted by molar-refractivity contribution is 0.509. The highest BCUT2D eigenvalue weighted by Crippen LogP contribution is 2.39. The first-order valence-corrected chi connectivity index (χ1v) is 6.76. The van der Waals surface area contributed by atoms with Gasteiger partial charge in [-0.25, -0.2) is 0 Å². The second kappa shape index (κ2) is 4.44. The van der Waals surface area contributed by atoms with E-state index in [1.165, 1.54) is 23.7 Å². The molecule has 2 heteroatoms. The Morgan fingerprint density at radius 1 is 1.70 bits per heavy atom. The minimum atomic E-state index is 0.241. The molecule has 0 heterocycles. The van der Waals surface area contributed by atoms with E-state index in [4.69, 9.17) is 5.73 Å². The molecule has 1 rings (SSSR count). The Morgan fingerprint density at radius 2 is 2.40 bits per heavy atom. The molecule has 1 saturated carbocycles. The van der Waals surface area contributed by atoms with Crippen LogP contribution in [-0.4, -0.2) is 8.56 Å². The molecule has 0 bridgehead atoms. The summed E-state index contributed by atoms with van der Waals surface area (Å²) in [6.45, 7) is 2.31. The van der Waals surface area contributed by atoms with E-state index in [1.807, 2.05) is 4.14 Å². The Balaban J connectivity index is 2.19. The van der Waals surface area contributed by atoms with Crippen LogP contribution in [0.3, 0.4) is 0 Å². The Morgan fingerprint density at radius 3 is 2.80 bits per heavy atom. The first-order valence-electron chi connectivity index (χ1n) is 3.99. The summed E-state index contributed by atoms with van der Waals surface area (Å²) in [4.78, 5) is 0. The van der Waals surface area contributed by atoms with Crippen LogP contribution in [0.25, 0.3) is 0 Å². The summed E-state index contributed by atoms with van der Waals surface area (Å²) in [6, 6.07) is 0. The van der Waals surface area contributed by atoms with Gasteiger partial charge in [-0.05, 0) is 29.1 Å². The van der Waals surface area contributed by atoms with Gasteiger partial charge in [-0.3, -0.25) is 0 Å². The summed E-state index contributed by atoms with van der Waals surface area (Å²) >= 11 is 0.241. The van der Waals surface area contributed by atoms with Gasteiger partial charge in [0, 0.05) is 4.14 Å². The lowest BCUT2D eigenvalue weighted by Crippen LogP contribution is -2.03. The Hall–Kier alpha value is 0.560. The van der Waals surface area contributed by atoms with Gasteiger partial charge < -0.3 is 5.73 Å². The van der Waals surface area contributed by atoms with Crippen molar-refractivity contribution in [3.63, 3.8) is 0 Å². The molecule has 1 unspecified atom stereocenters. The molecule has 1 atom stereocenters. The van der Waals surface area contributed by atoms with E-state index in [9.17, 15) is 0 Å². The number of alkyl halides is 1. The average Bonchev–Trinajstić information content (AvgIpc) is 2.73. The van der Waals surface area contributed by atoms with Gasteiger partial charge in [-0.2, -0.15) is 0 Å². The summed E-state index contributed by atoms with van der Waals surface area (Å²) < 4.78 is 3.33.